The molecule has 0 saturated heterocycles. The van der Waals surface area contributed by atoms with Crippen molar-refractivity contribution in [1.29, 1.82) is 0 Å². The lowest BCUT2D eigenvalue weighted by Gasteiger charge is -2.24. The van der Waals surface area contributed by atoms with Gasteiger partial charge in [0.1, 0.15) is 6.29 Å². The molecule has 0 aliphatic rings. The highest BCUT2D eigenvalue weighted by Gasteiger charge is 2.25. The van der Waals surface area contributed by atoms with Crippen LogP contribution in [0.3, 0.4) is 0 Å². The second kappa shape index (κ2) is 4.89. The lowest BCUT2D eigenvalue weighted by molar-refractivity contribution is -0.116. The minimum atomic E-state index is -0.191. The van der Waals surface area contributed by atoms with Crippen LogP contribution in [0.1, 0.15) is 32.3 Å². The number of carbonyl (C=O) groups excluding carboxylic acids is 1. The number of hydrogen-bond donors (Lipinski definition) is 0. The van der Waals surface area contributed by atoms with Gasteiger partial charge in [0.25, 0.3) is 0 Å². The molecular formula is C12H17NO. The van der Waals surface area contributed by atoms with Gasteiger partial charge < -0.3 is 4.79 Å². The topological polar surface area (TPSA) is 30.0 Å². The fourth-order valence-electron chi connectivity index (χ4n) is 1.62. The molecule has 14 heavy (non-hydrogen) atoms. The number of rotatable bonds is 5. The van der Waals surface area contributed by atoms with E-state index in [1.807, 2.05) is 18.3 Å². The average molecular weight is 191 g/mol. The summed E-state index contributed by atoms with van der Waals surface area (Å²) in [5.41, 5.74) is 0.951. The van der Waals surface area contributed by atoms with Gasteiger partial charge in [-0.05, 0) is 30.9 Å². The van der Waals surface area contributed by atoms with Crippen LogP contribution in [-0.2, 0) is 11.2 Å². The Bertz CT molecular complexity index is 278. The number of nitrogens with zero attached hydrogens (tertiary/aromatic N) is 1. The zero-order valence-corrected chi connectivity index (χ0v) is 8.86. The first-order valence-corrected chi connectivity index (χ1v) is 5.11. The van der Waals surface area contributed by atoms with Crippen LogP contribution >= 0.6 is 0 Å². The fraction of sp³-hybridized carbons (Fsp3) is 0.500. The Morgan fingerprint density at radius 2 is 2.14 bits per heavy atom. The number of carbonyl (C=O) groups is 1. The van der Waals surface area contributed by atoms with E-state index >= 15 is 0 Å². The van der Waals surface area contributed by atoms with Crippen LogP contribution < -0.4 is 0 Å². The van der Waals surface area contributed by atoms with Crippen molar-refractivity contribution in [2.75, 3.05) is 0 Å². The smallest absolute Gasteiger partial charge is 0.126 e. The molecule has 1 rings (SSSR count). The Balaban J connectivity index is 2.79. The molecule has 76 valence electrons. The maximum absolute atomic E-state index is 11.1. The minimum Gasteiger partial charge on any atom is -0.303 e. The molecular weight excluding hydrogens is 174 g/mol. The van der Waals surface area contributed by atoms with Gasteiger partial charge in [-0.2, -0.15) is 0 Å². The Hall–Kier alpha value is -1.18. The number of hydrogen-bond acceptors (Lipinski definition) is 2. The lowest BCUT2D eigenvalue weighted by Crippen LogP contribution is -2.23. The van der Waals surface area contributed by atoms with E-state index in [9.17, 15) is 4.79 Å². The van der Waals surface area contributed by atoms with E-state index in [-0.39, 0.29) is 5.41 Å². The van der Waals surface area contributed by atoms with Gasteiger partial charge in [0.05, 0.1) is 0 Å². The molecule has 0 saturated carbocycles. The summed E-state index contributed by atoms with van der Waals surface area (Å²) in [6, 6.07) is 3.94. The molecule has 0 aromatic carbocycles. The molecule has 0 amide bonds. The summed E-state index contributed by atoms with van der Waals surface area (Å²) in [4.78, 5) is 15.1. The first-order chi connectivity index (χ1) is 6.76. The molecule has 2 nitrogen and oxygen atoms in total. The Labute approximate surface area is 85.4 Å². The SMILES string of the molecule is CCC(C=O)(CC)Cc1cccnc1. The zero-order valence-electron chi connectivity index (χ0n) is 8.86. The van der Waals surface area contributed by atoms with E-state index in [2.05, 4.69) is 18.8 Å². The average Bonchev–Trinajstić information content (AvgIpc) is 2.28. The molecule has 0 aliphatic heterocycles. The van der Waals surface area contributed by atoms with E-state index in [4.69, 9.17) is 0 Å². The summed E-state index contributed by atoms with van der Waals surface area (Å²) in [5.74, 6) is 0. The molecule has 0 aliphatic carbocycles. The highest BCUT2D eigenvalue weighted by atomic mass is 16.1. The van der Waals surface area contributed by atoms with Crippen LogP contribution in [0, 0.1) is 5.41 Å². The third kappa shape index (κ3) is 2.41. The molecule has 0 radical (unpaired) electrons. The highest BCUT2D eigenvalue weighted by Crippen LogP contribution is 2.27. The Morgan fingerprint density at radius 3 is 2.57 bits per heavy atom. The second-order valence-electron chi connectivity index (χ2n) is 3.73. The molecule has 0 bridgehead atoms. The Kier molecular flexibility index (Phi) is 3.81. The summed E-state index contributed by atoms with van der Waals surface area (Å²) in [6.07, 6.45) is 7.27. The largest absolute Gasteiger partial charge is 0.303 e. The number of aldehydes is 1. The Morgan fingerprint density at radius 1 is 1.43 bits per heavy atom. The van der Waals surface area contributed by atoms with E-state index in [1.54, 1.807) is 6.20 Å². The molecule has 1 heterocycles. The van der Waals surface area contributed by atoms with Gasteiger partial charge in [-0.15, -0.1) is 0 Å². The van der Waals surface area contributed by atoms with Crippen LogP contribution in [0.5, 0.6) is 0 Å². The molecule has 0 fully saturated rings. The van der Waals surface area contributed by atoms with Crippen molar-refractivity contribution in [3.05, 3.63) is 30.1 Å². The van der Waals surface area contributed by atoms with Crippen molar-refractivity contribution in [3.8, 4) is 0 Å². The normalized spacial score (nSPS) is 11.3. The van der Waals surface area contributed by atoms with Gasteiger partial charge in [-0.1, -0.05) is 19.9 Å². The van der Waals surface area contributed by atoms with Gasteiger partial charge in [-0.25, -0.2) is 0 Å². The minimum absolute atomic E-state index is 0.191. The number of aromatic nitrogens is 1. The lowest BCUT2D eigenvalue weighted by atomic mass is 9.79. The van der Waals surface area contributed by atoms with Crippen molar-refractivity contribution < 1.29 is 4.79 Å². The van der Waals surface area contributed by atoms with E-state index < -0.39 is 0 Å². The first kappa shape index (κ1) is 10.9. The van der Waals surface area contributed by atoms with Crippen LogP contribution in [0.2, 0.25) is 0 Å². The molecule has 0 spiro atoms. The van der Waals surface area contributed by atoms with Crippen molar-refractivity contribution in [2.45, 2.75) is 33.1 Å². The first-order valence-electron chi connectivity index (χ1n) is 5.11. The standard InChI is InChI=1S/C12H17NO/c1-3-12(4-2,10-14)8-11-6-5-7-13-9-11/h5-7,9-10H,3-4,8H2,1-2H3. The molecule has 0 atom stereocenters. The van der Waals surface area contributed by atoms with Gasteiger partial charge in [0.2, 0.25) is 0 Å². The molecule has 0 N–H and O–H groups in total. The van der Waals surface area contributed by atoms with Crippen LogP contribution in [0.15, 0.2) is 24.5 Å². The number of pyridine rings is 1. The summed E-state index contributed by atoms with van der Waals surface area (Å²) in [7, 11) is 0. The van der Waals surface area contributed by atoms with Gasteiger partial charge in [0, 0.05) is 17.8 Å². The monoisotopic (exact) mass is 191 g/mol. The van der Waals surface area contributed by atoms with Crippen molar-refractivity contribution in [2.24, 2.45) is 5.41 Å². The molecule has 1 aromatic heterocycles. The van der Waals surface area contributed by atoms with E-state index in [0.29, 0.717) is 0 Å². The maximum atomic E-state index is 11.1. The van der Waals surface area contributed by atoms with Crippen LogP contribution in [0.25, 0.3) is 0 Å². The van der Waals surface area contributed by atoms with E-state index in [1.165, 1.54) is 0 Å². The van der Waals surface area contributed by atoms with Gasteiger partial charge >= 0.3 is 0 Å². The van der Waals surface area contributed by atoms with Gasteiger partial charge in [-0.3, -0.25) is 4.98 Å². The third-order valence-corrected chi connectivity index (χ3v) is 2.94. The molecule has 1 aromatic rings. The predicted molar refractivity (Wildman–Crippen MR) is 57.0 cm³/mol. The summed E-state index contributed by atoms with van der Waals surface area (Å²) >= 11 is 0. The van der Waals surface area contributed by atoms with Crippen molar-refractivity contribution >= 4 is 6.29 Å². The molecule has 0 unspecified atom stereocenters. The zero-order chi connectivity index (χ0) is 10.4. The van der Waals surface area contributed by atoms with Crippen molar-refractivity contribution in [1.82, 2.24) is 4.98 Å². The van der Waals surface area contributed by atoms with Crippen LogP contribution in [0.4, 0.5) is 0 Å². The van der Waals surface area contributed by atoms with Gasteiger partial charge in [0.15, 0.2) is 0 Å². The predicted octanol–water partition coefficient (Wildman–Crippen LogP) is 2.63. The summed E-state index contributed by atoms with van der Waals surface area (Å²) < 4.78 is 0. The quantitative estimate of drug-likeness (QED) is 0.670. The highest BCUT2D eigenvalue weighted by molar-refractivity contribution is 5.59. The third-order valence-electron chi connectivity index (χ3n) is 2.94. The van der Waals surface area contributed by atoms with E-state index in [0.717, 1.165) is 31.1 Å². The second-order valence-corrected chi connectivity index (χ2v) is 3.73. The van der Waals surface area contributed by atoms with Crippen LogP contribution in [-0.4, -0.2) is 11.3 Å². The summed E-state index contributed by atoms with van der Waals surface area (Å²) in [6.45, 7) is 4.13. The van der Waals surface area contributed by atoms with Crippen molar-refractivity contribution in [3.63, 3.8) is 0 Å². The molecule has 2 heteroatoms. The fourth-order valence-corrected chi connectivity index (χ4v) is 1.62. The maximum Gasteiger partial charge on any atom is 0.126 e. The summed E-state index contributed by atoms with van der Waals surface area (Å²) in [5, 5.41) is 0.